The number of carbonyl (C=O) groups excluding carboxylic acids is 1. The molecule has 0 aliphatic heterocycles. The van der Waals surface area contributed by atoms with Crippen molar-refractivity contribution in [1.82, 2.24) is 10.3 Å². The summed E-state index contributed by atoms with van der Waals surface area (Å²) in [5.74, 6) is 0.0652. The third kappa shape index (κ3) is 5.17. The summed E-state index contributed by atoms with van der Waals surface area (Å²) in [6.07, 6.45) is 9.45. The van der Waals surface area contributed by atoms with Gasteiger partial charge in [-0.25, -0.2) is 0 Å². The van der Waals surface area contributed by atoms with Gasteiger partial charge in [-0.2, -0.15) is 0 Å². The zero-order chi connectivity index (χ0) is 21.0. The van der Waals surface area contributed by atoms with Gasteiger partial charge in [-0.3, -0.25) is 9.78 Å². The highest BCUT2D eigenvalue weighted by atomic mass is 16.2. The minimum Gasteiger partial charge on any atom is -0.359 e. The van der Waals surface area contributed by atoms with Crippen molar-refractivity contribution in [2.75, 3.05) is 11.9 Å². The number of aryl methyl sites for hydroxylation is 1. The van der Waals surface area contributed by atoms with Crippen molar-refractivity contribution in [2.45, 2.75) is 77.3 Å². The second kappa shape index (κ2) is 8.98. The van der Waals surface area contributed by atoms with E-state index < -0.39 is 6.04 Å². The van der Waals surface area contributed by atoms with Crippen LogP contribution in [0, 0.1) is 6.92 Å². The molecule has 4 heteroatoms. The number of likely N-dealkylation sites (N-methyl/N-ethyl adjacent to an activating group) is 1. The summed E-state index contributed by atoms with van der Waals surface area (Å²) in [7, 11) is 2.00. The lowest BCUT2D eigenvalue weighted by Crippen LogP contribution is -2.44. The molecule has 3 rings (SSSR count). The Labute approximate surface area is 175 Å². The lowest BCUT2D eigenvalue weighted by atomic mass is 9.87. The predicted molar refractivity (Wildman–Crippen MR) is 120 cm³/mol. The molecule has 1 aliphatic carbocycles. The highest BCUT2D eigenvalue weighted by Gasteiger charge is 2.29. The van der Waals surface area contributed by atoms with E-state index in [1.165, 1.54) is 24.8 Å². The largest absolute Gasteiger partial charge is 0.359 e. The molecule has 1 saturated carbocycles. The average molecular weight is 394 g/mol. The van der Waals surface area contributed by atoms with Gasteiger partial charge in [0.05, 0.1) is 0 Å². The van der Waals surface area contributed by atoms with Gasteiger partial charge in [-0.15, -0.1) is 0 Å². The summed E-state index contributed by atoms with van der Waals surface area (Å²) in [6.45, 7) is 8.69. The number of carbonyl (C=O) groups is 1. The Kier molecular flexibility index (Phi) is 6.61. The number of rotatable bonds is 5. The molecule has 1 amide bonds. The van der Waals surface area contributed by atoms with Gasteiger partial charge in [-0.05, 0) is 54.5 Å². The standard InChI is InChI=1S/C25H35N3O/c1-18-15-16-26-17-22(18)23(24(29)27-20-9-7-6-8-10-20)28(5)21-13-11-19(12-14-21)25(2,3)4/h11-17,20,23H,6-10H2,1-5H3,(H,27,29). The Morgan fingerprint density at radius 3 is 2.34 bits per heavy atom. The van der Waals surface area contributed by atoms with Gasteiger partial charge < -0.3 is 10.2 Å². The molecule has 0 saturated heterocycles. The first kappa shape index (κ1) is 21.4. The van der Waals surface area contributed by atoms with Crippen LogP contribution in [0.2, 0.25) is 0 Å². The van der Waals surface area contributed by atoms with Crippen molar-refractivity contribution in [3.63, 3.8) is 0 Å². The quantitative estimate of drug-likeness (QED) is 0.748. The second-order valence-corrected chi connectivity index (χ2v) is 9.39. The van der Waals surface area contributed by atoms with Crippen molar-refractivity contribution in [1.29, 1.82) is 0 Å². The Hall–Kier alpha value is -2.36. The number of hydrogen-bond acceptors (Lipinski definition) is 3. The number of pyridine rings is 1. The number of anilines is 1. The fourth-order valence-electron chi connectivity index (χ4n) is 4.16. The molecule has 1 aromatic carbocycles. The lowest BCUT2D eigenvalue weighted by Gasteiger charge is -2.33. The third-order valence-electron chi connectivity index (χ3n) is 6.10. The van der Waals surface area contributed by atoms with Crippen LogP contribution in [-0.2, 0) is 10.2 Å². The Bertz CT molecular complexity index is 817. The fraction of sp³-hybridized carbons (Fsp3) is 0.520. The van der Waals surface area contributed by atoms with E-state index in [1.807, 2.05) is 19.3 Å². The van der Waals surface area contributed by atoms with Crippen molar-refractivity contribution in [2.24, 2.45) is 0 Å². The van der Waals surface area contributed by atoms with Crippen LogP contribution in [0.1, 0.15) is 75.6 Å². The van der Waals surface area contributed by atoms with Crippen LogP contribution < -0.4 is 10.2 Å². The molecular formula is C25H35N3O. The van der Waals surface area contributed by atoms with Crippen molar-refractivity contribution in [3.05, 3.63) is 59.4 Å². The van der Waals surface area contributed by atoms with Gasteiger partial charge >= 0.3 is 0 Å². The summed E-state index contributed by atoms with van der Waals surface area (Å²) in [6, 6.07) is 10.4. The molecule has 0 radical (unpaired) electrons. The molecule has 1 N–H and O–H groups in total. The summed E-state index contributed by atoms with van der Waals surface area (Å²) in [5, 5.41) is 3.32. The minimum atomic E-state index is -0.397. The number of amides is 1. The highest BCUT2D eigenvalue weighted by molar-refractivity contribution is 5.87. The van der Waals surface area contributed by atoms with Gasteiger partial charge in [0.25, 0.3) is 0 Å². The van der Waals surface area contributed by atoms with Crippen molar-refractivity contribution in [3.8, 4) is 0 Å². The molecule has 1 aliphatic rings. The first-order valence-corrected chi connectivity index (χ1v) is 10.8. The maximum atomic E-state index is 13.4. The Morgan fingerprint density at radius 2 is 1.76 bits per heavy atom. The highest BCUT2D eigenvalue weighted by Crippen LogP contribution is 2.31. The SMILES string of the molecule is Cc1ccncc1C(C(=O)NC1CCCCC1)N(C)c1ccc(C(C)(C)C)cc1. The van der Waals surface area contributed by atoms with Crippen LogP contribution in [0.4, 0.5) is 5.69 Å². The van der Waals surface area contributed by atoms with Gasteiger partial charge in [0.2, 0.25) is 5.91 Å². The molecule has 2 aromatic rings. The minimum absolute atomic E-state index is 0.0652. The fourth-order valence-corrected chi connectivity index (χ4v) is 4.16. The topological polar surface area (TPSA) is 45.2 Å². The molecule has 156 valence electrons. The van der Waals surface area contributed by atoms with E-state index in [9.17, 15) is 4.79 Å². The van der Waals surface area contributed by atoms with E-state index in [2.05, 4.69) is 67.2 Å². The maximum absolute atomic E-state index is 13.4. The molecule has 1 aromatic heterocycles. The monoisotopic (exact) mass is 393 g/mol. The molecule has 29 heavy (non-hydrogen) atoms. The Morgan fingerprint density at radius 1 is 1.10 bits per heavy atom. The first-order chi connectivity index (χ1) is 13.8. The van der Waals surface area contributed by atoms with Crippen LogP contribution >= 0.6 is 0 Å². The molecule has 1 fully saturated rings. The zero-order valence-electron chi connectivity index (χ0n) is 18.5. The van der Waals surface area contributed by atoms with E-state index in [1.54, 1.807) is 6.20 Å². The third-order valence-corrected chi connectivity index (χ3v) is 6.10. The number of nitrogens with zero attached hydrogens (tertiary/aromatic N) is 2. The van der Waals surface area contributed by atoms with Gasteiger partial charge in [0.1, 0.15) is 6.04 Å². The van der Waals surface area contributed by atoms with Gasteiger partial charge in [0.15, 0.2) is 0 Å². The number of benzene rings is 1. The maximum Gasteiger partial charge on any atom is 0.247 e. The van der Waals surface area contributed by atoms with Crippen LogP contribution in [0.5, 0.6) is 0 Å². The molecule has 0 spiro atoms. The average Bonchev–Trinajstić information content (AvgIpc) is 2.70. The van der Waals surface area contributed by atoms with Crippen LogP contribution in [-0.4, -0.2) is 24.0 Å². The second-order valence-electron chi connectivity index (χ2n) is 9.39. The molecule has 1 heterocycles. The summed E-state index contributed by atoms with van der Waals surface area (Å²) in [4.78, 5) is 19.8. The van der Waals surface area contributed by atoms with Crippen LogP contribution in [0.3, 0.4) is 0 Å². The van der Waals surface area contributed by atoms with E-state index >= 15 is 0 Å². The number of hydrogen-bond donors (Lipinski definition) is 1. The molecular weight excluding hydrogens is 358 g/mol. The normalized spacial score (nSPS) is 16.3. The summed E-state index contributed by atoms with van der Waals surface area (Å²) >= 11 is 0. The molecule has 4 nitrogen and oxygen atoms in total. The first-order valence-electron chi connectivity index (χ1n) is 10.8. The molecule has 1 atom stereocenters. The predicted octanol–water partition coefficient (Wildman–Crippen LogP) is 5.31. The Balaban J connectivity index is 1.89. The van der Waals surface area contributed by atoms with E-state index in [0.717, 1.165) is 29.7 Å². The van der Waals surface area contributed by atoms with Gasteiger partial charge in [0, 0.05) is 36.7 Å². The number of nitrogens with one attached hydrogen (secondary N) is 1. The lowest BCUT2D eigenvalue weighted by molar-refractivity contribution is -0.123. The smallest absolute Gasteiger partial charge is 0.247 e. The van der Waals surface area contributed by atoms with Crippen LogP contribution in [0.25, 0.3) is 0 Å². The summed E-state index contributed by atoms with van der Waals surface area (Å²) in [5.41, 5.74) is 4.47. The summed E-state index contributed by atoms with van der Waals surface area (Å²) < 4.78 is 0. The zero-order valence-corrected chi connectivity index (χ0v) is 18.5. The molecule has 1 unspecified atom stereocenters. The van der Waals surface area contributed by atoms with Crippen molar-refractivity contribution < 1.29 is 4.79 Å². The molecule has 0 bridgehead atoms. The number of aromatic nitrogens is 1. The van der Waals surface area contributed by atoms with E-state index in [4.69, 9.17) is 0 Å². The van der Waals surface area contributed by atoms with E-state index in [-0.39, 0.29) is 17.4 Å². The van der Waals surface area contributed by atoms with E-state index in [0.29, 0.717) is 0 Å². The van der Waals surface area contributed by atoms with Gasteiger partial charge in [-0.1, -0.05) is 52.2 Å². The van der Waals surface area contributed by atoms with Crippen LogP contribution in [0.15, 0.2) is 42.7 Å². The van der Waals surface area contributed by atoms with Crippen molar-refractivity contribution >= 4 is 11.6 Å².